The van der Waals surface area contributed by atoms with Crippen molar-refractivity contribution in [2.24, 2.45) is 0 Å². The number of nitrogens with zero attached hydrogens (tertiary/aromatic N) is 1. The fourth-order valence-electron chi connectivity index (χ4n) is 3.08. The number of pyridine rings is 1. The molecule has 0 unspecified atom stereocenters. The number of halogens is 2. The molecule has 1 heterocycles. The van der Waals surface area contributed by atoms with Crippen LogP contribution in [0, 0.1) is 0 Å². The Morgan fingerprint density at radius 3 is 2.47 bits per heavy atom. The standard InChI is InChI=1S/C23H17Cl2N3OS/c24-16-10-17(25)12-18(11-16)30-28-22-8-2-5-19-20(22)6-1-7-21(19)23(29)27-14-15-4-3-9-26-13-15/h1-13,28H,14H2,(H,27,29). The maximum atomic E-state index is 12.8. The van der Waals surface area contributed by atoms with Gasteiger partial charge in [0.2, 0.25) is 0 Å². The summed E-state index contributed by atoms with van der Waals surface area (Å²) < 4.78 is 3.34. The number of aromatic nitrogens is 1. The summed E-state index contributed by atoms with van der Waals surface area (Å²) in [4.78, 5) is 17.8. The van der Waals surface area contributed by atoms with Gasteiger partial charge >= 0.3 is 0 Å². The molecule has 3 aromatic carbocycles. The van der Waals surface area contributed by atoms with Crippen LogP contribution < -0.4 is 10.0 Å². The third kappa shape index (κ3) is 4.87. The molecule has 30 heavy (non-hydrogen) atoms. The van der Waals surface area contributed by atoms with Crippen LogP contribution in [-0.2, 0) is 6.54 Å². The van der Waals surface area contributed by atoms with Gasteiger partial charge < -0.3 is 10.0 Å². The Labute approximate surface area is 188 Å². The number of benzene rings is 3. The lowest BCUT2D eigenvalue weighted by atomic mass is 10.0. The van der Waals surface area contributed by atoms with E-state index >= 15 is 0 Å². The van der Waals surface area contributed by atoms with Crippen molar-refractivity contribution in [1.29, 1.82) is 0 Å². The Morgan fingerprint density at radius 2 is 1.70 bits per heavy atom. The summed E-state index contributed by atoms with van der Waals surface area (Å²) in [5.41, 5.74) is 2.47. The lowest BCUT2D eigenvalue weighted by Crippen LogP contribution is -2.23. The fourth-order valence-corrected chi connectivity index (χ4v) is 4.51. The highest BCUT2D eigenvalue weighted by Crippen LogP contribution is 2.32. The predicted octanol–water partition coefficient (Wildman–Crippen LogP) is 6.59. The number of carbonyl (C=O) groups is 1. The summed E-state index contributed by atoms with van der Waals surface area (Å²) in [6, 6.07) is 20.7. The van der Waals surface area contributed by atoms with E-state index in [9.17, 15) is 4.79 Å². The molecule has 7 heteroatoms. The molecule has 150 valence electrons. The van der Waals surface area contributed by atoms with E-state index in [4.69, 9.17) is 23.2 Å². The average Bonchev–Trinajstić information content (AvgIpc) is 2.75. The molecule has 4 aromatic rings. The zero-order valence-electron chi connectivity index (χ0n) is 15.7. The summed E-state index contributed by atoms with van der Waals surface area (Å²) in [7, 11) is 0. The Kier molecular flexibility index (Phi) is 6.43. The first-order chi connectivity index (χ1) is 14.6. The molecule has 4 nitrogen and oxygen atoms in total. The van der Waals surface area contributed by atoms with Gasteiger partial charge in [0, 0.05) is 44.8 Å². The summed E-state index contributed by atoms with van der Waals surface area (Å²) >= 11 is 13.6. The Balaban J connectivity index is 1.55. The largest absolute Gasteiger partial charge is 0.348 e. The van der Waals surface area contributed by atoms with Crippen LogP contribution in [0.3, 0.4) is 0 Å². The molecule has 1 amide bonds. The summed E-state index contributed by atoms with van der Waals surface area (Å²) in [5, 5.41) is 5.95. The summed E-state index contributed by atoms with van der Waals surface area (Å²) in [5.74, 6) is -0.129. The number of rotatable bonds is 6. The quantitative estimate of drug-likeness (QED) is 0.323. The molecule has 0 bridgehead atoms. The van der Waals surface area contributed by atoms with Crippen LogP contribution in [-0.4, -0.2) is 10.9 Å². The summed E-state index contributed by atoms with van der Waals surface area (Å²) in [6.45, 7) is 0.423. The van der Waals surface area contributed by atoms with Crippen LogP contribution in [0.2, 0.25) is 10.0 Å². The van der Waals surface area contributed by atoms with E-state index in [0.717, 1.165) is 26.9 Å². The number of fused-ring (bicyclic) bond motifs is 1. The van der Waals surface area contributed by atoms with Crippen molar-refractivity contribution in [2.45, 2.75) is 11.4 Å². The Morgan fingerprint density at radius 1 is 0.933 bits per heavy atom. The van der Waals surface area contributed by atoms with Crippen molar-refractivity contribution in [3.8, 4) is 0 Å². The molecule has 0 fully saturated rings. The zero-order valence-corrected chi connectivity index (χ0v) is 18.1. The molecule has 0 radical (unpaired) electrons. The van der Waals surface area contributed by atoms with Crippen LogP contribution >= 0.6 is 35.1 Å². The number of hydrogen-bond acceptors (Lipinski definition) is 4. The minimum Gasteiger partial charge on any atom is -0.348 e. The van der Waals surface area contributed by atoms with Crippen molar-refractivity contribution < 1.29 is 4.79 Å². The van der Waals surface area contributed by atoms with Gasteiger partial charge in [-0.05, 0) is 59.3 Å². The van der Waals surface area contributed by atoms with Gasteiger partial charge in [-0.25, -0.2) is 0 Å². The second-order valence-corrected chi connectivity index (χ2v) is 8.31. The number of nitrogens with one attached hydrogen (secondary N) is 2. The lowest BCUT2D eigenvalue weighted by molar-refractivity contribution is 0.0952. The van der Waals surface area contributed by atoms with E-state index in [2.05, 4.69) is 15.0 Å². The fraction of sp³-hybridized carbons (Fsp3) is 0.0435. The van der Waals surface area contributed by atoms with Crippen molar-refractivity contribution in [3.05, 3.63) is 100 Å². The first-order valence-electron chi connectivity index (χ1n) is 9.18. The number of carbonyl (C=O) groups excluding carboxylic acids is 1. The first kappa shape index (κ1) is 20.5. The molecular weight excluding hydrogens is 437 g/mol. The molecular formula is C23H17Cl2N3OS. The molecule has 0 spiro atoms. The third-order valence-corrected chi connectivity index (χ3v) is 5.69. The average molecular weight is 454 g/mol. The van der Waals surface area contributed by atoms with Gasteiger partial charge in [-0.15, -0.1) is 0 Å². The highest BCUT2D eigenvalue weighted by molar-refractivity contribution is 8.00. The van der Waals surface area contributed by atoms with Crippen LogP contribution in [0.1, 0.15) is 15.9 Å². The van der Waals surface area contributed by atoms with Gasteiger partial charge in [0.25, 0.3) is 5.91 Å². The SMILES string of the molecule is O=C(NCc1cccnc1)c1cccc2c(NSc3cc(Cl)cc(Cl)c3)cccc12. The topological polar surface area (TPSA) is 54.0 Å². The second kappa shape index (κ2) is 9.39. The lowest BCUT2D eigenvalue weighted by Gasteiger charge is -2.12. The zero-order chi connectivity index (χ0) is 20.9. The summed E-state index contributed by atoms with van der Waals surface area (Å²) in [6.07, 6.45) is 3.45. The molecule has 0 atom stereocenters. The van der Waals surface area contributed by atoms with Gasteiger partial charge in [-0.3, -0.25) is 9.78 Å². The van der Waals surface area contributed by atoms with E-state index < -0.39 is 0 Å². The van der Waals surface area contributed by atoms with Crippen LogP contribution in [0.5, 0.6) is 0 Å². The second-order valence-electron chi connectivity index (χ2n) is 6.56. The maximum absolute atomic E-state index is 12.8. The van der Waals surface area contributed by atoms with E-state index in [1.54, 1.807) is 18.5 Å². The van der Waals surface area contributed by atoms with Crippen LogP contribution in [0.25, 0.3) is 10.8 Å². The van der Waals surface area contributed by atoms with Gasteiger partial charge in [-0.2, -0.15) is 0 Å². The third-order valence-electron chi connectivity index (χ3n) is 4.46. The highest BCUT2D eigenvalue weighted by Gasteiger charge is 2.12. The Bertz CT molecular complexity index is 1180. The smallest absolute Gasteiger partial charge is 0.252 e. The monoisotopic (exact) mass is 453 g/mol. The first-order valence-corrected chi connectivity index (χ1v) is 10.8. The minimum atomic E-state index is -0.129. The molecule has 0 saturated heterocycles. The van der Waals surface area contributed by atoms with Gasteiger partial charge in [0.05, 0.1) is 5.69 Å². The molecule has 0 aliphatic rings. The maximum Gasteiger partial charge on any atom is 0.252 e. The molecule has 2 N–H and O–H groups in total. The minimum absolute atomic E-state index is 0.129. The number of amides is 1. The van der Waals surface area contributed by atoms with Crippen molar-refractivity contribution in [3.63, 3.8) is 0 Å². The van der Waals surface area contributed by atoms with E-state index in [0.29, 0.717) is 22.2 Å². The van der Waals surface area contributed by atoms with Crippen molar-refractivity contribution >= 4 is 57.5 Å². The number of hydrogen-bond donors (Lipinski definition) is 2. The Hall–Kier alpha value is -2.73. The van der Waals surface area contributed by atoms with Crippen LogP contribution in [0.4, 0.5) is 5.69 Å². The molecule has 0 aliphatic carbocycles. The van der Waals surface area contributed by atoms with Crippen LogP contribution in [0.15, 0.2) is 84.0 Å². The van der Waals surface area contributed by atoms with Crippen molar-refractivity contribution in [2.75, 3.05) is 4.72 Å². The molecule has 0 aliphatic heterocycles. The highest BCUT2D eigenvalue weighted by atomic mass is 35.5. The van der Waals surface area contributed by atoms with Gasteiger partial charge in [0.15, 0.2) is 0 Å². The molecule has 0 saturated carbocycles. The predicted molar refractivity (Wildman–Crippen MR) is 125 cm³/mol. The number of anilines is 1. The van der Waals surface area contributed by atoms with Gasteiger partial charge in [0.1, 0.15) is 0 Å². The molecule has 1 aromatic heterocycles. The van der Waals surface area contributed by atoms with E-state index in [-0.39, 0.29) is 5.91 Å². The van der Waals surface area contributed by atoms with E-state index in [1.165, 1.54) is 11.9 Å². The normalized spacial score (nSPS) is 10.7. The molecule has 4 rings (SSSR count). The van der Waals surface area contributed by atoms with Crippen molar-refractivity contribution in [1.82, 2.24) is 10.3 Å². The van der Waals surface area contributed by atoms with Gasteiger partial charge in [-0.1, -0.05) is 53.5 Å². The van der Waals surface area contributed by atoms with E-state index in [1.807, 2.05) is 60.7 Å².